The first kappa shape index (κ1) is 20.1. The molecule has 0 N–H and O–H groups in total. The Hall–Kier alpha value is -3.22. The van der Waals surface area contributed by atoms with Crippen molar-refractivity contribution in [1.82, 2.24) is 19.9 Å². The molecule has 1 aliphatic rings. The quantitative estimate of drug-likeness (QED) is 0.614. The standard InChI is InChI=1S/C23H26N4O3/c1-23(2,3)30-22(28)27-11-8-16(9-12-27)21-19-7-6-17(13-20(19)25-15-26-21)29-18-5-4-10-24-14-18/h4-7,10,13-16H,8-9,11-12H2,1-3H3. The number of piperidine rings is 1. The number of aromatic nitrogens is 3. The van der Waals surface area contributed by atoms with Crippen LogP contribution in [0, 0.1) is 0 Å². The zero-order chi connectivity index (χ0) is 21.1. The van der Waals surface area contributed by atoms with E-state index in [0.29, 0.717) is 24.6 Å². The van der Waals surface area contributed by atoms with Gasteiger partial charge in [0.15, 0.2) is 0 Å². The van der Waals surface area contributed by atoms with Crippen molar-refractivity contribution in [2.75, 3.05) is 13.1 Å². The van der Waals surface area contributed by atoms with Crippen molar-refractivity contribution in [3.05, 3.63) is 54.7 Å². The van der Waals surface area contributed by atoms with E-state index in [1.165, 1.54) is 0 Å². The predicted octanol–water partition coefficient (Wildman–Crippen LogP) is 4.93. The summed E-state index contributed by atoms with van der Waals surface area (Å²) in [5.41, 5.74) is 1.39. The van der Waals surface area contributed by atoms with Gasteiger partial charge in [-0.1, -0.05) is 0 Å². The molecule has 1 aromatic carbocycles. The Morgan fingerprint density at radius 2 is 1.90 bits per heavy atom. The molecule has 2 aromatic heterocycles. The van der Waals surface area contributed by atoms with Crippen LogP contribution in [0.5, 0.6) is 11.5 Å². The van der Waals surface area contributed by atoms with Gasteiger partial charge < -0.3 is 14.4 Å². The number of carbonyl (C=O) groups excluding carboxylic acids is 1. The smallest absolute Gasteiger partial charge is 0.410 e. The van der Waals surface area contributed by atoms with Gasteiger partial charge in [0.25, 0.3) is 0 Å². The number of ether oxygens (including phenoxy) is 2. The van der Waals surface area contributed by atoms with Crippen LogP contribution in [0.1, 0.15) is 45.2 Å². The van der Waals surface area contributed by atoms with E-state index >= 15 is 0 Å². The molecule has 7 nitrogen and oxygen atoms in total. The molecular formula is C23H26N4O3. The fourth-order valence-electron chi connectivity index (χ4n) is 3.65. The molecule has 0 aliphatic carbocycles. The molecule has 4 rings (SSSR count). The Bertz CT molecular complexity index is 1030. The number of nitrogens with zero attached hydrogens (tertiary/aromatic N) is 4. The van der Waals surface area contributed by atoms with Crippen LogP contribution < -0.4 is 4.74 Å². The van der Waals surface area contributed by atoms with Crippen LogP contribution in [-0.4, -0.2) is 44.6 Å². The van der Waals surface area contributed by atoms with Crippen LogP contribution >= 0.6 is 0 Å². The SMILES string of the molecule is CC(C)(C)OC(=O)N1CCC(c2ncnc3cc(Oc4cccnc4)ccc23)CC1. The van der Waals surface area contributed by atoms with Crippen molar-refractivity contribution in [2.24, 2.45) is 0 Å². The summed E-state index contributed by atoms with van der Waals surface area (Å²) in [5, 5.41) is 1.02. The maximum atomic E-state index is 12.3. The zero-order valence-electron chi connectivity index (χ0n) is 17.5. The third kappa shape index (κ3) is 4.67. The third-order valence-corrected chi connectivity index (χ3v) is 5.04. The lowest BCUT2D eigenvalue weighted by atomic mass is 9.91. The van der Waals surface area contributed by atoms with E-state index in [1.807, 2.05) is 51.1 Å². The van der Waals surface area contributed by atoms with E-state index in [4.69, 9.17) is 9.47 Å². The third-order valence-electron chi connectivity index (χ3n) is 5.04. The number of amides is 1. The summed E-state index contributed by atoms with van der Waals surface area (Å²) >= 11 is 0. The second-order valence-corrected chi connectivity index (χ2v) is 8.47. The molecular weight excluding hydrogens is 380 g/mol. The van der Waals surface area contributed by atoms with Crippen LogP contribution in [-0.2, 0) is 4.74 Å². The van der Waals surface area contributed by atoms with Gasteiger partial charge in [0.2, 0.25) is 0 Å². The normalized spacial score (nSPS) is 15.2. The van der Waals surface area contributed by atoms with Gasteiger partial charge in [0.1, 0.15) is 23.4 Å². The summed E-state index contributed by atoms with van der Waals surface area (Å²) < 4.78 is 11.4. The molecule has 0 saturated carbocycles. The highest BCUT2D eigenvalue weighted by atomic mass is 16.6. The average molecular weight is 406 g/mol. The summed E-state index contributed by atoms with van der Waals surface area (Å²) in [4.78, 5) is 27.2. The summed E-state index contributed by atoms with van der Waals surface area (Å²) in [6.45, 7) is 6.98. The maximum absolute atomic E-state index is 12.3. The monoisotopic (exact) mass is 406 g/mol. The molecule has 3 aromatic rings. The summed E-state index contributed by atoms with van der Waals surface area (Å²) in [7, 11) is 0. The van der Waals surface area contributed by atoms with Gasteiger partial charge in [0.05, 0.1) is 17.4 Å². The molecule has 0 atom stereocenters. The number of fused-ring (bicyclic) bond motifs is 1. The summed E-state index contributed by atoms with van der Waals surface area (Å²) in [6, 6.07) is 9.55. The molecule has 30 heavy (non-hydrogen) atoms. The maximum Gasteiger partial charge on any atom is 0.410 e. The number of hydrogen-bond acceptors (Lipinski definition) is 6. The first-order valence-corrected chi connectivity index (χ1v) is 10.2. The largest absolute Gasteiger partial charge is 0.456 e. The van der Waals surface area contributed by atoms with E-state index < -0.39 is 5.60 Å². The summed E-state index contributed by atoms with van der Waals surface area (Å²) in [5.74, 6) is 1.67. The lowest BCUT2D eigenvalue weighted by molar-refractivity contribution is 0.0204. The van der Waals surface area contributed by atoms with Crippen molar-refractivity contribution in [1.29, 1.82) is 0 Å². The van der Waals surface area contributed by atoms with Crippen LogP contribution in [0.25, 0.3) is 10.9 Å². The molecule has 1 aliphatic heterocycles. The van der Waals surface area contributed by atoms with Gasteiger partial charge in [-0.05, 0) is 57.9 Å². The van der Waals surface area contributed by atoms with Crippen LogP contribution in [0.2, 0.25) is 0 Å². The van der Waals surface area contributed by atoms with Crippen LogP contribution in [0.4, 0.5) is 4.79 Å². The number of likely N-dealkylation sites (tertiary alicyclic amines) is 1. The number of pyridine rings is 1. The average Bonchev–Trinajstić information content (AvgIpc) is 2.73. The number of rotatable bonds is 3. The van der Waals surface area contributed by atoms with Gasteiger partial charge >= 0.3 is 6.09 Å². The van der Waals surface area contributed by atoms with Gasteiger partial charge in [-0.25, -0.2) is 14.8 Å². The number of benzene rings is 1. The topological polar surface area (TPSA) is 77.4 Å². The number of hydrogen-bond donors (Lipinski definition) is 0. The van der Waals surface area contributed by atoms with Gasteiger partial charge in [-0.15, -0.1) is 0 Å². The lowest BCUT2D eigenvalue weighted by Gasteiger charge is -2.33. The van der Waals surface area contributed by atoms with E-state index in [0.717, 1.165) is 29.4 Å². The van der Waals surface area contributed by atoms with E-state index in [1.54, 1.807) is 23.6 Å². The molecule has 1 saturated heterocycles. The van der Waals surface area contributed by atoms with Crippen LogP contribution in [0.15, 0.2) is 49.1 Å². The molecule has 1 amide bonds. The first-order chi connectivity index (χ1) is 14.4. The highest BCUT2D eigenvalue weighted by Crippen LogP contribution is 2.33. The second-order valence-electron chi connectivity index (χ2n) is 8.47. The van der Waals surface area contributed by atoms with Gasteiger partial charge in [-0.2, -0.15) is 0 Å². The Balaban J connectivity index is 1.48. The zero-order valence-corrected chi connectivity index (χ0v) is 17.5. The lowest BCUT2D eigenvalue weighted by Crippen LogP contribution is -2.41. The fraction of sp³-hybridized carbons (Fsp3) is 0.391. The van der Waals surface area contributed by atoms with Crippen molar-refractivity contribution in [3.8, 4) is 11.5 Å². The summed E-state index contributed by atoms with van der Waals surface area (Å²) in [6.07, 6.45) is 6.44. The van der Waals surface area contributed by atoms with Gasteiger partial charge in [0, 0.05) is 36.7 Å². The molecule has 3 heterocycles. The fourth-order valence-corrected chi connectivity index (χ4v) is 3.65. The highest BCUT2D eigenvalue weighted by Gasteiger charge is 2.28. The minimum atomic E-state index is -0.480. The molecule has 0 unspecified atom stereocenters. The predicted molar refractivity (Wildman–Crippen MR) is 114 cm³/mol. The Kier molecular flexibility index (Phi) is 5.53. The molecule has 0 spiro atoms. The Morgan fingerprint density at radius 3 is 2.60 bits per heavy atom. The Morgan fingerprint density at radius 1 is 1.10 bits per heavy atom. The Labute approximate surface area is 176 Å². The van der Waals surface area contributed by atoms with Crippen LogP contribution in [0.3, 0.4) is 0 Å². The van der Waals surface area contributed by atoms with Crippen molar-refractivity contribution < 1.29 is 14.3 Å². The van der Waals surface area contributed by atoms with E-state index in [-0.39, 0.29) is 12.0 Å². The van der Waals surface area contributed by atoms with E-state index in [2.05, 4.69) is 15.0 Å². The van der Waals surface area contributed by atoms with Crippen molar-refractivity contribution in [3.63, 3.8) is 0 Å². The molecule has 1 fully saturated rings. The molecule has 156 valence electrons. The first-order valence-electron chi connectivity index (χ1n) is 10.2. The van der Waals surface area contributed by atoms with Gasteiger partial charge in [-0.3, -0.25) is 4.98 Å². The second kappa shape index (κ2) is 8.26. The highest BCUT2D eigenvalue weighted by molar-refractivity contribution is 5.82. The molecule has 0 bridgehead atoms. The van der Waals surface area contributed by atoms with Crippen molar-refractivity contribution in [2.45, 2.75) is 45.1 Å². The number of carbonyl (C=O) groups is 1. The molecule has 0 radical (unpaired) electrons. The molecule has 7 heteroatoms. The minimum absolute atomic E-state index is 0.245. The van der Waals surface area contributed by atoms with Crippen molar-refractivity contribution >= 4 is 17.0 Å². The van der Waals surface area contributed by atoms with E-state index in [9.17, 15) is 4.79 Å². The minimum Gasteiger partial charge on any atom is -0.456 e.